The first-order valence-corrected chi connectivity index (χ1v) is 7.44. The Morgan fingerprint density at radius 2 is 1.85 bits per heavy atom. The highest BCUT2D eigenvalue weighted by molar-refractivity contribution is 6.31. The summed E-state index contributed by atoms with van der Waals surface area (Å²) in [5.74, 6) is 0. The Morgan fingerprint density at radius 3 is 2.50 bits per heavy atom. The van der Waals surface area contributed by atoms with Crippen LogP contribution in [-0.4, -0.2) is 0 Å². The number of rotatable bonds is 4. The number of hydrogen-bond donors (Lipinski definition) is 1. The van der Waals surface area contributed by atoms with E-state index >= 15 is 0 Å². The Bertz CT molecular complexity index is 602. The molecule has 0 unspecified atom stereocenters. The molecule has 0 saturated carbocycles. The van der Waals surface area contributed by atoms with Gasteiger partial charge in [0.05, 0.1) is 5.54 Å². The summed E-state index contributed by atoms with van der Waals surface area (Å²) in [6, 6.07) is 14.8. The van der Waals surface area contributed by atoms with Crippen LogP contribution >= 0.6 is 11.6 Å². The maximum atomic E-state index is 6.11. The molecule has 0 spiro atoms. The molecule has 0 bridgehead atoms. The van der Waals surface area contributed by atoms with Gasteiger partial charge in [-0.05, 0) is 62.1 Å². The minimum absolute atomic E-state index is 0.137. The molecule has 0 aliphatic rings. The molecule has 2 rings (SSSR count). The monoisotopic (exact) mass is 287 g/mol. The maximum Gasteiger partial charge on any atom is 0.0569 e. The van der Waals surface area contributed by atoms with Crippen LogP contribution in [0.2, 0.25) is 5.02 Å². The van der Waals surface area contributed by atoms with Crippen LogP contribution in [0.15, 0.2) is 42.5 Å². The fourth-order valence-electron chi connectivity index (χ4n) is 2.34. The van der Waals surface area contributed by atoms with Gasteiger partial charge >= 0.3 is 0 Å². The topological polar surface area (TPSA) is 12.0 Å². The molecule has 0 radical (unpaired) electrons. The highest BCUT2D eigenvalue weighted by atomic mass is 35.5. The molecule has 1 N–H and O–H groups in total. The molecule has 0 fully saturated rings. The van der Waals surface area contributed by atoms with Crippen LogP contribution < -0.4 is 5.32 Å². The zero-order valence-electron chi connectivity index (χ0n) is 12.6. The first-order valence-electron chi connectivity index (χ1n) is 7.06. The molecule has 0 aliphatic carbocycles. The number of anilines is 1. The van der Waals surface area contributed by atoms with Gasteiger partial charge in [0.1, 0.15) is 0 Å². The van der Waals surface area contributed by atoms with Crippen molar-refractivity contribution in [2.75, 3.05) is 5.32 Å². The van der Waals surface area contributed by atoms with Crippen LogP contribution in [0.25, 0.3) is 0 Å². The average Bonchev–Trinajstić information content (AvgIpc) is 2.41. The molecule has 0 atom stereocenters. The minimum Gasteiger partial charge on any atom is -0.376 e. The Kier molecular flexibility index (Phi) is 4.39. The van der Waals surface area contributed by atoms with Crippen molar-refractivity contribution in [2.24, 2.45) is 0 Å². The molecule has 0 heterocycles. The number of hydrogen-bond acceptors (Lipinski definition) is 1. The lowest BCUT2D eigenvalue weighted by molar-refractivity contribution is 0.609. The van der Waals surface area contributed by atoms with Crippen molar-refractivity contribution >= 4 is 17.3 Å². The van der Waals surface area contributed by atoms with Gasteiger partial charge in [0, 0.05) is 10.7 Å². The van der Waals surface area contributed by atoms with Crippen LogP contribution in [0.3, 0.4) is 0 Å². The lowest BCUT2D eigenvalue weighted by atomic mass is 9.92. The van der Waals surface area contributed by atoms with Crippen molar-refractivity contribution < 1.29 is 0 Å². The van der Waals surface area contributed by atoms with E-state index < -0.39 is 0 Å². The molecule has 0 saturated heterocycles. The molecular formula is C18H22ClN. The van der Waals surface area contributed by atoms with Crippen molar-refractivity contribution in [3.63, 3.8) is 0 Å². The van der Waals surface area contributed by atoms with Gasteiger partial charge in [-0.25, -0.2) is 0 Å². The second-order valence-corrected chi connectivity index (χ2v) is 6.18. The van der Waals surface area contributed by atoms with Gasteiger partial charge in [0.15, 0.2) is 0 Å². The second kappa shape index (κ2) is 5.88. The van der Waals surface area contributed by atoms with E-state index in [-0.39, 0.29) is 5.54 Å². The fraction of sp³-hybridized carbons (Fsp3) is 0.333. The molecule has 20 heavy (non-hydrogen) atoms. The molecule has 106 valence electrons. The highest BCUT2D eigenvalue weighted by Gasteiger charge is 2.20. The number of benzene rings is 2. The summed E-state index contributed by atoms with van der Waals surface area (Å²) >= 11 is 6.11. The molecule has 0 aliphatic heterocycles. The molecule has 1 nitrogen and oxygen atoms in total. The quantitative estimate of drug-likeness (QED) is 0.776. The van der Waals surface area contributed by atoms with Gasteiger partial charge in [-0.2, -0.15) is 0 Å². The van der Waals surface area contributed by atoms with E-state index in [1.807, 2.05) is 13.0 Å². The number of halogens is 1. The van der Waals surface area contributed by atoms with Crippen LogP contribution in [0.4, 0.5) is 5.69 Å². The first kappa shape index (κ1) is 14.9. The van der Waals surface area contributed by atoms with Gasteiger partial charge < -0.3 is 5.32 Å². The van der Waals surface area contributed by atoms with E-state index in [4.69, 9.17) is 11.6 Å². The molecule has 0 aromatic heterocycles. The van der Waals surface area contributed by atoms with Crippen molar-refractivity contribution in [1.29, 1.82) is 0 Å². The second-order valence-electron chi connectivity index (χ2n) is 5.77. The first-order chi connectivity index (χ1) is 9.42. The van der Waals surface area contributed by atoms with Crippen molar-refractivity contribution in [3.05, 3.63) is 64.2 Å². The van der Waals surface area contributed by atoms with Crippen LogP contribution in [0.1, 0.15) is 37.5 Å². The van der Waals surface area contributed by atoms with Crippen molar-refractivity contribution in [2.45, 2.75) is 39.7 Å². The van der Waals surface area contributed by atoms with E-state index in [1.54, 1.807) is 0 Å². The third-order valence-electron chi connectivity index (χ3n) is 3.67. The largest absolute Gasteiger partial charge is 0.376 e. The fourth-order valence-corrected chi connectivity index (χ4v) is 2.45. The summed E-state index contributed by atoms with van der Waals surface area (Å²) in [7, 11) is 0. The smallest absolute Gasteiger partial charge is 0.0569 e. The molecular weight excluding hydrogens is 266 g/mol. The summed E-state index contributed by atoms with van der Waals surface area (Å²) in [6.07, 6.45) is 1.05. The lowest BCUT2D eigenvalue weighted by Crippen LogP contribution is -2.28. The third kappa shape index (κ3) is 3.34. The zero-order valence-corrected chi connectivity index (χ0v) is 13.4. The van der Waals surface area contributed by atoms with E-state index in [1.165, 1.54) is 11.1 Å². The Balaban J connectivity index is 2.27. The summed E-state index contributed by atoms with van der Waals surface area (Å²) in [5, 5.41) is 4.43. The Hall–Kier alpha value is -1.47. The maximum absolute atomic E-state index is 6.11. The lowest BCUT2D eigenvalue weighted by Gasteiger charge is -2.29. The Labute approximate surface area is 127 Å². The third-order valence-corrected chi connectivity index (χ3v) is 4.10. The van der Waals surface area contributed by atoms with E-state index in [0.29, 0.717) is 0 Å². The van der Waals surface area contributed by atoms with E-state index in [0.717, 1.165) is 22.7 Å². The summed E-state index contributed by atoms with van der Waals surface area (Å²) < 4.78 is 0. The van der Waals surface area contributed by atoms with Crippen LogP contribution in [0.5, 0.6) is 0 Å². The standard InChI is InChI=1S/C18H22ClN/c1-5-14-7-6-8-16(12-14)20-18(3,4)15-9-10-17(19)13(2)11-15/h6-12,20H,5H2,1-4H3. The predicted octanol–water partition coefficient (Wildman–Crippen LogP) is 5.56. The van der Waals surface area contributed by atoms with Crippen LogP contribution in [-0.2, 0) is 12.0 Å². The normalized spacial score (nSPS) is 11.4. The van der Waals surface area contributed by atoms with E-state index in [9.17, 15) is 0 Å². The Morgan fingerprint density at radius 1 is 1.10 bits per heavy atom. The molecule has 2 aromatic rings. The minimum atomic E-state index is -0.137. The van der Waals surface area contributed by atoms with Crippen molar-refractivity contribution in [3.8, 4) is 0 Å². The van der Waals surface area contributed by atoms with Gasteiger partial charge in [-0.3, -0.25) is 0 Å². The summed E-state index contributed by atoms with van der Waals surface area (Å²) in [5.41, 5.74) is 4.71. The van der Waals surface area contributed by atoms with Crippen molar-refractivity contribution in [1.82, 2.24) is 0 Å². The predicted molar refractivity (Wildman–Crippen MR) is 88.7 cm³/mol. The summed E-state index contributed by atoms with van der Waals surface area (Å²) in [4.78, 5) is 0. The van der Waals surface area contributed by atoms with Gasteiger partial charge in [-0.15, -0.1) is 0 Å². The SMILES string of the molecule is CCc1cccc(NC(C)(C)c2ccc(Cl)c(C)c2)c1. The highest BCUT2D eigenvalue weighted by Crippen LogP contribution is 2.28. The average molecular weight is 288 g/mol. The number of aryl methyl sites for hydroxylation is 2. The zero-order chi connectivity index (χ0) is 14.8. The molecule has 2 heteroatoms. The molecule has 0 amide bonds. The van der Waals surface area contributed by atoms with Crippen LogP contribution in [0, 0.1) is 6.92 Å². The van der Waals surface area contributed by atoms with Gasteiger partial charge in [0.25, 0.3) is 0 Å². The summed E-state index contributed by atoms with van der Waals surface area (Å²) in [6.45, 7) is 8.59. The number of nitrogens with one attached hydrogen (secondary N) is 1. The molecule has 2 aromatic carbocycles. The van der Waals surface area contributed by atoms with Gasteiger partial charge in [0.2, 0.25) is 0 Å². The van der Waals surface area contributed by atoms with E-state index in [2.05, 4.69) is 62.5 Å². The van der Waals surface area contributed by atoms with Gasteiger partial charge in [-0.1, -0.05) is 42.8 Å².